The predicted octanol–water partition coefficient (Wildman–Crippen LogP) is 3.42. The van der Waals surface area contributed by atoms with Crippen molar-refractivity contribution in [3.05, 3.63) is 22.7 Å². The zero-order chi connectivity index (χ0) is 13.7. The van der Waals surface area contributed by atoms with Gasteiger partial charge in [-0.15, -0.1) is 0 Å². The van der Waals surface area contributed by atoms with E-state index in [2.05, 4.69) is 11.4 Å². The van der Waals surface area contributed by atoms with Gasteiger partial charge in [0.2, 0.25) is 0 Å². The molecule has 2 saturated carbocycles. The molecule has 1 aromatic carbocycles. The molecular weight excluding hydrogens is 274 g/mol. The molecule has 1 aromatic rings. The van der Waals surface area contributed by atoms with E-state index in [4.69, 9.17) is 21.1 Å². The minimum Gasteiger partial charge on any atom is -0.486 e. The zero-order valence-corrected chi connectivity index (χ0v) is 12.5. The van der Waals surface area contributed by atoms with Crippen molar-refractivity contribution in [2.75, 3.05) is 20.3 Å². The van der Waals surface area contributed by atoms with E-state index in [0.29, 0.717) is 25.2 Å². The molecule has 20 heavy (non-hydrogen) atoms. The summed E-state index contributed by atoms with van der Waals surface area (Å²) in [5.41, 5.74) is 1.16. The normalized spacial score (nSPS) is 31.8. The SMILES string of the molecule is CNC(c1cc2c(cc1Cl)OCCO2)C1CC2CC2C1. The van der Waals surface area contributed by atoms with Gasteiger partial charge >= 0.3 is 0 Å². The number of benzene rings is 1. The van der Waals surface area contributed by atoms with Gasteiger partial charge in [0.05, 0.1) is 0 Å². The minimum atomic E-state index is 0.325. The van der Waals surface area contributed by atoms with Crippen molar-refractivity contribution in [1.29, 1.82) is 0 Å². The van der Waals surface area contributed by atoms with E-state index in [1.54, 1.807) is 0 Å². The number of halogens is 1. The second kappa shape index (κ2) is 4.81. The van der Waals surface area contributed by atoms with Crippen LogP contribution in [0.4, 0.5) is 0 Å². The molecular formula is C16H20ClNO2. The summed E-state index contributed by atoms with van der Waals surface area (Å²) in [5, 5.41) is 4.25. The highest BCUT2D eigenvalue weighted by molar-refractivity contribution is 6.31. The fraction of sp³-hybridized carbons (Fsp3) is 0.625. The number of nitrogens with one attached hydrogen (secondary N) is 1. The quantitative estimate of drug-likeness (QED) is 0.926. The number of hydrogen-bond acceptors (Lipinski definition) is 3. The molecule has 2 fully saturated rings. The third-order valence-corrected chi connectivity index (χ3v) is 5.39. The fourth-order valence-electron chi connectivity index (χ4n) is 4.00. The second-order valence-corrected chi connectivity index (χ2v) is 6.68. The molecule has 0 amide bonds. The molecule has 3 nitrogen and oxygen atoms in total. The Bertz CT molecular complexity index is 523. The van der Waals surface area contributed by atoms with Crippen LogP contribution in [0.5, 0.6) is 11.5 Å². The Labute approximate surface area is 124 Å². The highest BCUT2D eigenvalue weighted by atomic mass is 35.5. The standard InChI is InChI=1S/C16H20ClNO2/c1-18-16(11-5-9-4-10(9)6-11)12-7-14-15(8-13(12)17)20-3-2-19-14/h7-11,16,18H,2-6H2,1H3. The first-order valence-corrected chi connectivity index (χ1v) is 7.90. The van der Waals surface area contributed by atoms with E-state index in [0.717, 1.165) is 33.9 Å². The molecule has 1 N–H and O–H groups in total. The average Bonchev–Trinajstić information content (AvgIpc) is 3.07. The van der Waals surface area contributed by atoms with Crippen LogP contribution >= 0.6 is 11.6 Å². The van der Waals surface area contributed by atoms with Crippen molar-refractivity contribution >= 4 is 11.6 Å². The van der Waals surface area contributed by atoms with E-state index in [9.17, 15) is 0 Å². The zero-order valence-electron chi connectivity index (χ0n) is 11.7. The Morgan fingerprint density at radius 3 is 2.40 bits per heavy atom. The lowest BCUT2D eigenvalue weighted by atomic mass is 9.89. The summed E-state index contributed by atoms with van der Waals surface area (Å²) in [4.78, 5) is 0. The van der Waals surface area contributed by atoms with Crippen LogP contribution in [0.3, 0.4) is 0 Å². The van der Waals surface area contributed by atoms with Crippen LogP contribution in [-0.2, 0) is 0 Å². The molecule has 0 aromatic heterocycles. The van der Waals surface area contributed by atoms with Gasteiger partial charge in [-0.1, -0.05) is 11.6 Å². The molecule has 4 rings (SSSR count). The lowest BCUT2D eigenvalue weighted by molar-refractivity contribution is 0.171. The Morgan fingerprint density at radius 2 is 1.75 bits per heavy atom. The second-order valence-electron chi connectivity index (χ2n) is 6.27. The van der Waals surface area contributed by atoms with Crippen LogP contribution in [0.2, 0.25) is 5.02 Å². The molecule has 4 heteroatoms. The number of fused-ring (bicyclic) bond motifs is 2. The Morgan fingerprint density at radius 1 is 1.10 bits per heavy atom. The smallest absolute Gasteiger partial charge is 0.162 e. The summed E-state index contributed by atoms with van der Waals surface area (Å²) in [6, 6.07) is 4.30. The van der Waals surface area contributed by atoms with E-state index >= 15 is 0 Å². The van der Waals surface area contributed by atoms with Crippen molar-refractivity contribution < 1.29 is 9.47 Å². The van der Waals surface area contributed by atoms with Gasteiger partial charge in [0.15, 0.2) is 11.5 Å². The van der Waals surface area contributed by atoms with Gasteiger partial charge in [-0.25, -0.2) is 0 Å². The molecule has 2 aliphatic carbocycles. The van der Waals surface area contributed by atoms with Gasteiger partial charge in [0, 0.05) is 17.1 Å². The minimum absolute atomic E-state index is 0.325. The third kappa shape index (κ3) is 2.08. The Hall–Kier alpha value is -0.930. The summed E-state index contributed by atoms with van der Waals surface area (Å²) in [7, 11) is 2.03. The van der Waals surface area contributed by atoms with Crippen LogP contribution in [-0.4, -0.2) is 20.3 Å². The van der Waals surface area contributed by atoms with E-state index in [-0.39, 0.29) is 0 Å². The Kier molecular flexibility index (Phi) is 3.08. The number of hydrogen-bond donors (Lipinski definition) is 1. The van der Waals surface area contributed by atoms with Crippen LogP contribution < -0.4 is 14.8 Å². The van der Waals surface area contributed by atoms with Gasteiger partial charge in [0.25, 0.3) is 0 Å². The molecule has 0 saturated heterocycles. The van der Waals surface area contributed by atoms with Crippen molar-refractivity contribution in [3.63, 3.8) is 0 Å². The maximum atomic E-state index is 6.49. The maximum Gasteiger partial charge on any atom is 0.162 e. The summed E-state index contributed by atoms with van der Waals surface area (Å²) in [6.07, 6.45) is 4.11. The van der Waals surface area contributed by atoms with E-state index in [1.807, 2.05) is 13.1 Å². The first-order valence-electron chi connectivity index (χ1n) is 7.52. The molecule has 108 valence electrons. The first kappa shape index (κ1) is 12.8. The Balaban J connectivity index is 1.65. The predicted molar refractivity (Wildman–Crippen MR) is 78.6 cm³/mol. The van der Waals surface area contributed by atoms with Gasteiger partial charge < -0.3 is 14.8 Å². The van der Waals surface area contributed by atoms with Gasteiger partial charge in [-0.2, -0.15) is 0 Å². The van der Waals surface area contributed by atoms with Gasteiger partial charge in [-0.05, 0) is 55.7 Å². The topological polar surface area (TPSA) is 30.5 Å². The molecule has 3 aliphatic rings. The van der Waals surface area contributed by atoms with Crippen LogP contribution in [0.1, 0.15) is 30.9 Å². The molecule has 3 atom stereocenters. The van der Waals surface area contributed by atoms with Gasteiger partial charge in [0.1, 0.15) is 13.2 Å². The monoisotopic (exact) mass is 293 g/mol. The summed E-state index contributed by atoms with van der Waals surface area (Å²) in [6.45, 7) is 1.22. The van der Waals surface area contributed by atoms with E-state index < -0.39 is 0 Å². The first-order chi connectivity index (χ1) is 9.76. The van der Waals surface area contributed by atoms with Crippen molar-refractivity contribution in [2.24, 2.45) is 17.8 Å². The largest absolute Gasteiger partial charge is 0.486 e. The highest BCUT2D eigenvalue weighted by Gasteiger charge is 2.48. The lowest BCUT2D eigenvalue weighted by Crippen LogP contribution is -2.25. The van der Waals surface area contributed by atoms with Crippen molar-refractivity contribution in [3.8, 4) is 11.5 Å². The molecule has 0 spiro atoms. The number of rotatable bonds is 3. The van der Waals surface area contributed by atoms with E-state index in [1.165, 1.54) is 19.3 Å². The van der Waals surface area contributed by atoms with Gasteiger partial charge in [-0.3, -0.25) is 0 Å². The summed E-state index contributed by atoms with van der Waals surface area (Å²) >= 11 is 6.49. The van der Waals surface area contributed by atoms with Crippen molar-refractivity contribution in [1.82, 2.24) is 5.32 Å². The fourth-order valence-corrected chi connectivity index (χ4v) is 4.27. The average molecular weight is 294 g/mol. The molecule has 3 unspecified atom stereocenters. The van der Waals surface area contributed by atoms with Crippen LogP contribution in [0.15, 0.2) is 12.1 Å². The lowest BCUT2D eigenvalue weighted by Gasteiger charge is -2.27. The molecule has 0 radical (unpaired) electrons. The molecule has 0 bridgehead atoms. The number of ether oxygens (including phenoxy) is 2. The van der Waals surface area contributed by atoms with Crippen LogP contribution in [0, 0.1) is 17.8 Å². The summed E-state index contributed by atoms with van der Waals surface area (Å²) in [5.74, 6) is 4.26. The van der Waals surface area contributed by atoms with Crippen LogP contribution in [0.25, 0.3) is 0 Å². The summed E-state index contributed by atoms with van der Waals surface area (Å²) < 4.78 is 11.3. The molecule has 1 aliphatic heterocycles. The maximum absolute atomic E-state index is 6.49. The van der Waals surface area contributed by atoms with Crippen molar-refractivity contribution in [2.45, 2.75) is 25.3 Å². The molecule has 1 heterocycles. The highest BCUT2D eigenvalue weighted by Crippen LogP contribution is 2.57. The third-order valence-electron chi connectivity index (χ3n) is 5.06.